The molecule has 5 heteroatoms. The highest BCUT2D eigenvalue weighted by Crippen LogP contribution is 2.34. The van der Waals surface area contributed by atoms with E-state index in [0.29, 0.717) is 23.5 Å². The van der Waals surface area contributed by atoms with Crippen molar-refractivity contribution < 1.29 is 8.42 Å². The van der Waals surface area contributed by atoms with Gasteiger partial charge in [-0.2, -0.15) is 0 Å². The highest BCUT2D eigenvalue weighted by Gasteiger charge is 2.31. The lowest BCUT2D eigenvalue weighted by molar-refractivity contribution is 0.591. The van der Waals surface area contributed by atoms with Crippen LogP contribution in [0.3, 0.4) is 0 Å². The van der Waals surface area contributed by atoms with Crippen molar-refractivity contribution in [2.75, 3.05) is 16.6 Å². The molecule has 2 aromatic carbocycles. The predicted octanol–water partition coefficient (Wildman–Crippen LogP) is 2.58. The average molecular weight is 302 g/mol. The van der Waals surface area contributed by atoms with Gasteiger partial charge < -0.3 is 5.73 Å². The summed E-state index contributed by atoms with van der Waals surface area (Å²) in [7, 11) is -3.56. The molecule has 0 unspecified atom stereocenters. The Balaban J connectivity index is 2.13. The van der Waals surface area contributed by atoms with E-state index >= 15 is 0 Å². The van der Waals surface area contributed by atoms with Gasteiger partial charge in [0.1, 0.15) is 0 Å². The highest BCUT2D eigenvalue weighted by molar-refractivity contribution is 7.93. The van der Waals surface area contributed by atoms with Crippen LogP contribution in [-0.4, -0.2) is 15.0 Å². The zero-order chi connectivity index (χ0) is 15.0. The van der Waals surface area contributed by atoms with Crippen LogP contribution in [0.4, 0.5) is 11.4 Å². The molecule has 0 fully saturated rings. The third-order valence-corrected chi connectivity index (χ3v) is 5.78. The first-order chi connectivity index (χ1) is 10.0. The van der Waals surface area contributed by atoms with Crippen molar-refractivity contribution in [3.63, 3.8) is 0 Å². The molecule has 21 heavy (non-hydrogen) atoms. The molecule has 0 radical (unpaired) electrons. The van der Waals surface area contributed by atoms with E-state index in [0.717, 1.165) is 23.2 Å². The number of nitrogen functional groups attached to an aromatic ring is 1. The molecule has 1 aliphatic heterocycles. The number of aryl methyl sites for hydroxylation is 1. The van der Waals surface area contributed by atoms with E-state index in [1.54, 1.807) is 18.2 Å². The zero-order valence-corrected chi connectivity index (χ0v) is 12.7. The normalized spacial score (nSPS) is 14.2. The molecule has 0 saturated carbocycles. The van der Waals surface area contributed by atoms with Crippen LogP contribution < -0.4 is 10.0 Å². The summed E-state index contributed by atoms with van der Waals surface area (Å²) in [5.41, 5.74) is 8.91. The predicted molar refractivity (Wildman–Crippen MR) is 84.9 cm³/mol. The van der Waals surface area contributed by atoms with Crippen LogP contribution in [0.25, 0.3) is 0 Å². The number of nitrogens with two attached hydrogens (primary N) is 1. The molecular formula is C16H18N2O2S. The Hall–Kier alpha value is -2.01. The molecule has 4 nitrogen and oxygen atoms in total. The van der Waals surface area contributed by atoms with Gasteiger partial charge in [0.05, 0.1) is 10.6 Å². The summed E-state index contributed by atoms with van der Waals surface area (Å²) in [6.07, 6.45) is 1.41. The van der Waals surface area contributed by atoms with Crippen molar-refractivity contribution in [1.82, 2.24) is 0 Å². The molecule has 1 aliphatic rings. The summed E-state index contributed by atoms with van der Waals surface area (Å²) in [4.78, 5) is 0.321. The standard InChI is InChI=1S/C16H18N2O2S/c1-2-12-7-8-14(17)11-16(12)21(19,20)18-10-9-13-5-3-4-6-15(13)18/h3-8,11H,2,9-10,17H2,1H3. The molecule has 110 valence electrons. The van der Waals surface area contributed by atoms with Crippen LogP contribution in [0.1, 0.15) is 18.1 Å². The van der Waals surface area contributed by atoms with Gasteiger partial charge in [-0.3, -0.25) is 4.31 Å². The fourth-order valence-electron chi connectivity index (χ4n) is 2.78. The monoisotopic (exact) mass is 302 g/mol. The molecule has 3 rings (SSSR count). The van der Waals surface area contributed by atoms with Gasteiger partial charge in [-0.1, -0.05) is 31.2 Å². The van der Waals surface area contributed by atoms with Crippen molar-refractivity contribution in [2.24, 2.45) is 0 Å². The number of sulfonamides is 1. The first-order valence-electron chi connectivity index (χ1n) is 7.03. The van der Waals surface area contributed by atoms with Gasteiger partial charge in [-0.25, -0.2) is 8.42 Å². The van der Waals surface area contributed by atoms with Gasteiger partial charge in [0.15, 0.2) is 0 Å². The van der Waals surface area contributed by atoms with Crippen LogP contribution in [-0.2, 0) is 22.9 Å². The minimum absolute atomic E-state index is 0.321. The Bertz CT molecular complexity index is 785. The number of fused-ring (bicyclic) bond motifs is 1. The fourth-order valence-corrected chi connectivity index (χ4v) is 4.61. The number of benzene rings is 2. The molecular weight excluding hydrogens is 284 g/mol. The second-order valence-corrected chi connectivity index (χ2v) is 7.01. The van der Waals surface area contributed by atoms with E-state index in [1.165, 1.54) is 4.31 Å². The number of rotatable bonds is 3. The van der Waals surface area contributed by atoms with Gasteiger partial charge in [0, 0.05) is 12.2 Å². The number of para-hydroxylation sites is 1. The maximum Gasteiger partial charge on any atom is 0.264 e. The summed E-state index contributed by atoms with van der Waals surface area (Å²) in [5.74, 6) is 0. The Kier molecular flexibility index (Phi) is 3.37. The van der Waals surface area contributed by atoms with Crippen molar-refractivity contribution >= 4 is 21.4 Å². The van der Waals surface area contributed by atoms with Gasteiger partial charge in [-0.05, 0) is 42.2 Å². The molecule has 1 heterocycles. The topological polar surface area (TPSA) is 63.4 Å². The minimum atomic E-state index is -3.56. The van der Waals surface area contributed by atoms with Crippen LogP contribution in [0, 0.1) is 0 Å². The van der Waals surface area contributed by atoms with Crippen LogP contribution in [0.5, 0.6) is 0 Å². The van der Waals surface area contributed by atoms with Crippen LogP contribution >= 0.6 is 0 Å². The maximum atomic E-state index is 13.0. The van der Waals surface area contributed by atoms with E-state index < -0.39 is 10.0 Å². The smallest absolute Gasteiger partial charge is 0.264 e. The van der Waals surface area contributed by atoms with Gasteiger partial charge in [0.2, 0.25) is 0 Å². The Labute approximate surface area is 125 Å². The van der Waals surface area contributed by atoms with Crippen molar-refractivity contribution in [1.29, 1.82) is 0 Å². The number of hydrogen-bond acceptors (Lipinski definition) is 3. The summed E-state index contributed by atoms with van der Waals surface area (Å²) in [5, 5.41) is 0. The molecule has 0 atom stereocenters. The van der Waals surface area contributed by atoms with E-state index in [2.05, 4.69) is 0 Å². The molecule has 0 amide bonds. The van der Waals surface area contributed by atoms with Crippen molar-refractivity contribution in [3.05, 3.63) is 53.6 Å². The van der Waals surface area contributed by atoms with E-state index in [4.69, 9.17) is 5.73 Å². The third kappa shape index (κ3) is 2.27. The SMILES string of the molecule is CCc1ccc(N)cc1S(=O)(=O)N1CCc2ccccc21. The lowest BCUT2D eigenvalue weighted by Gasteiger charge is -2.21. The van der Waals surface area contributed by atoms with Crippen LogP contribution in [0.2, 0.25) is 0 Å². The quantitative estimate of drug-likeness (QED) is 0.886. The molecule has 0 spiro atoms. The number of hydrogen-bond donors (Lipinski definition) is 1. The Morgan fingerprint density at radius 1 is 1.19 bits per heavy atom. The highest BCUT2D eigenvalue weighted by atomic mass is 32.2. The van der Waals surface area contributed by atoms with E-state index in [9.17, 15) is 8.42 Å². The molecule has 0 aliphatic carbocycles. The summed E-state index contributed by atoms with van der Waals surface area (Å²) < 4.78 is 27.5. The molecule has 2 N–H and O–H groups in total. The molecule has 2 aromatic rings. The molecule has 0 aromatic heterocycles. The largest absolute Gasteiger partial charge is 0.399 e. The van der Waals surface area contributed by atoms with E-state index in [-0.39, 0.29) is 0 Å². The van der Waals surface area contributed by atoms with Crippen molar-refractivity contribution in [3.8, 4) is 0 Å². The molecule has 0 saturated heterocycles. The second-order valence-electron chi connectivity index (χ2n) is 5.18. The van der Waals surface area contributed by atoms with Crippen molar-refractivity contribution in [2.45, 2.75) is 24.7 Å². The fraction of sp³-hybridized carbons (Fsp3) is 0.250. The molecule has 0 bridgehead atoms. The second kappa shape index (κ2) is 5.07. The Morgan fingerprint density at radius 2 is 1.95 bits per heavy atom. The summed E-state index contributed by atoms with van der Waals surface area (Å²) in [6, 6.07) is 12.7. The summed E-state index contributed by atoms with van der Waals surface area (Å²) in [6.45, 7) is 2.43. The third-order valence-electron chi connectivity index (χ3n) is 3.88. The Morgan fingerprint density at radius 3 is 2.71 bits per heavy atom. The van der Waals surface area contributed by atoms with E-state index in [1.807, 2.05) is 31.2 Å². The lowest BCUT2D eigenvalue weighted by atomic mass is 10.1. The van der Waals surface area contributed by atoms with Gasteiger partial charge in [0.25, 0.3) is 10.0 Å². The minimum Gasteiger partial charge on any atom is -0.399 e. The maximum absolute atomic E-state index is 13.0. The first kappa shape index (κ1) is 13.9. The van der Waals surface area contributed by atoms with Gasteiger partial charge >= 0.3 is 0 Å². The lowest BCUT2D eigenvalue weighted by Crippen LogP contribution is -2.30. The summed E-state index contributed by atoms with van der Waals surface area (Å²) >= 11 is 0. The van der Waals surface area contributed by atoms with Gasteiger partial charge in [-0.15, -0.1) is 0 Å². The average Bonchev–Trinajstić information content (AvgIpc) is 2.92. The first-order valence-corrected chi connectivity index (χ1v) is 8.47. The number of anilines is 2. The zero-order valence-electron chi connectivity index (χ0n) is 11.9. The van der Waals surface area contributed by atoms with Crippen LogP contribution in [0.15, 0.2) is 47.4 Å². The number of nitrogens with zero attached hydrogens (tertiary/aromatic N) is 1.